The van der Waals surface area contributed by atoms with Crippen molar-refractivity contribution in [2.75, 3.05) is 20.3 Å². The molecule has 0 aliphatic carbocycles. The summed E-state index contributed by atoms with van der Waals surface area (Å²) in [5.41, 5.74) is 1.10. The lowest BCUT2D eigenvalue weighted by atomic mass is 9.99. The average Bonchev–Trinajstić information content (AvgIpc) is 2.97. The number of hydrogen-bond donors (Lipinski definition) is 0. The van der Waals surface area contributed by atoms with Gasteiger partial charge in [-0.15, -0.1) is 0 Å². The van der Waals surface area contributed by atoms with Crippen molar-refractivity contribution < 1.29 is 14.3 Å². The third kappa shape index (κ3) is 2.85. The number of carbonyl (C=O) groups is 1. The molecule has 3 rings (SSSR count). The third-order valence-corrected chi connectivity index (χ3v) is 4.49. The van der Waals surface area contributed by atoms with Crippen LogP contribution in [0.4, 0.5) is 0 Å². The number of amides is 1. The normalized spacial score (nSPS) is 27.3. The van der Waals surface area contributed by atoms with Crippen LogP contribution in [0.5, 0.6) is 0 Å². The predicted molar refractivity (Wildman–Crippen MR) is 80.4 cm³/mol. The number of hydrogen-bond acceptors (Lipinski definition) is 4. The van der Waals surface area contributed by atoms with E-state index >= 15 is 0 Å². The Balaban J connectivity index is 1.71. The first-order valence-electron chi connectivity index (χ1n) is 7.68. The van der Waals surface area contributed by atoms with Crippen molar-refractivity contribution in [3.63, 3.8) is 0 Å². The molecule has 3 atom stereocenters. The molecule has 2 fully saturated rings. The van der Waals surface area contributed by atoms with E-state index in [0.29, 0.717) is 24.3 Å². The molecule has 0 unspecified atom stereocenters. The number of fused-ring (bicyclic) bond motifs is 1. The van der Waals surface area contributed by atoms with Gasteiger partial charge in [0.25, 0.3) is 5.91 Å². The van der Waals surface area contributed by atoms with Gasteiger partial charge in [-0.3, -0.25) is 4.79 Å². The van der Waals surface area contributed by atoms with E-state index in [4.69, 9.17) is 14.7 Å². The molecule has 22 heavy (non-hydrogen) atoms. The number of rotatable bonds is 3. The SMILES string of the molecule is COC[C@@H]1CC[C@H]2[C@H](CCN2C(=O)c2cccc(C#N)c2)O1. The fraction of sp³-hybridized carbons (Fsp3) is 0.529. The van der Waals surface area contributed by atoms with Crippen LogP contribution in [-0.4, -0.2) is 49.3 Å². The molecule has 116 valence electrons. The Labute approximate surface area is 130 Å². The van der Waals surface area contributed by atoms with Crippen LogP contribution in [0.15, 0.2) is 24.3 Å². The molecule has 2 heterocycles. The maximum Gasteiger partial charge on any atom is 0.254 e. The summed E-state index contributed by atoms with van der Waals surface area (Å²) >= 11 is 0. The molecule has 1 aromatic rings. The van der Waals surface area contributed by atoms with Crippen LogP contribution in [-0.2, 0) is 9.47 Å². The van der Waals surface area contributed by atoms with Crippen LogP contribution in [0.3, 0.4) is 0 Å². The molecule has 2 aliphatic rings. The first kappa shape index (κ1) is 15.0. The maximum atomic E-state index is 12.7. The van der Waals surface area contributed by atoms with Gasteiger partial charge in [0, 0.05) is 19.2 Å². The molecule has 0 bridgehead atoms. The lowest BCUT2D eigenvalue weighted by Crippen LogP contribution is -2.45. The number of nitriles is 1. The summed E-state index contributed by atoms with van der Waals surface area (Å²) in [4.78, 5) is 14.6. The molecule has 2 saturated heterocycles. The van der Waals surface area contributed by atoms with Gasteiger partial charge >= 0.3 is 0 Å². The fourth-order valence-corrected chi connectivity index (χ4v) is 3.45. The highest BCUT2D eigenvalue weighted by atomic mass is 16.5. The summed E-state index contributed by atoms with van der Waals surface area (Å²) in [5, 5.41) is 8.97. The second-order valence-electron chi connectivity index (χ2n) is 5.88. The quantitative estimate of drug-likeness (QED) is 0.856. The summed E-state index contributed by atoms with van der Waals surface area (Å²) in [5.74, 6) is -0.00149. The summed E-state index contributed by atoms with van der Waals surface area (Å²) in [6, 6.07) is 9.12. The molecule has 0 radical (unpaired) electrons. The van der Waals surface area contributed by atoms with Crippen molar-refractivity contribution in [1.29, 1.82) is 5.26 Å². The van der Waals surface area contributed by atoms with Crippen LogP contribution in [0, 0.1) is 11.3 Å². The Morgan fingerprint density at radius 3 is 3.09 bits per heavy atom. The van der Waals surface area contributed by atoms with Crippen molar-refractivity contribution in [3.8, 4) is 6.07 Å². The van der Waals surface area contributed by atoms with E-state index in [1.54, 1.807) is 31.4 Å². The Hall–Kier alpha value is -1.90. The zero-order valence-corrected chi connectivity index (χ0v) is 12.7. The smallest absolute Gasteiger partial charge is 0.254 e. The van der Waals surface area contributed by atoms with Crippen molar-refractivity contribution >= 4 is 5.91 Å². The van der Waals surface area contributed by atoms with Gasteiger partial charge in [0.05, 0.1) is 36.5 Å². The predicted octanol–water partition coefficient (Wildman–Crippen LogP) is 1.97. The van der Waals surface area contributed by atoms with E-state index < -0.39 is 0 Å². The molecule has 5 nitrogen and oxygen atoms in total. The van der Waals surface area contributed by atoms with E-state index in [1.165, 1.54) is 0 Å². The largest absolute Gasteiger partial charge is 0.382 e. The molecule has 0 saturated carbocycles. The van der Waals surface area contributed by atoms with E-state index in [1.807, 2.05) is 4.90 Å². The molecule has 0 aromatic heterocycles. The van der Waals surface area contributed by atoms with Gasteiger partial charge in [0.2, 0.25) is 0 Å². The van der Waals surface area contributed by atoms with Gasteiger partial charge in [-0.25, -0.2) is 0 Å². The lowest BCUT2D eigenvalue weighted by Gasteiger charge is -2.35. The Kier molecular flexibility index (Phi) is 4.41. The average molecular weight is 300 g/mol. The van der Waals surface area contributed by atoms with Crippen LogP contribution in [0.2, 0.25) is 0 Å². The first-order chi connectivity index (χ1) is 10.7. The first-order valence-corrected chi connectivity index (χ1v) is 7.68. The standard InChI is InChI=1S/C17H20N2O3/c1-21-11-14-5-6-15-16(22-14)7-8-19(15)17(20)13-4-2-3-12(9-13)10-18/h2-4,9,14-16H,5-8,11H2,1H3/t14-,15-,16-/m0/s1. The number of likely N-dealkylation sites (tertiary alicyclic amines) is 1. The van der Waals surface area contributed by atoms with Gasteiger partial charge < -0.3 is 14.4 Å². The van der Waals surface area contributed by atoms with Crippen molar-refractivity contribution in [1.82, 2.24) is 4.90 Å². The van der Waals surface area contributed by atoms with Crippen molar-refractivity contribution in [2.45, 2.75) is 37.5 Å². The number of carbonyl (C=O) groups excluding carboxylic acids is 1. The molecular formula is C17H20N2O3. The Morgan fingerprint density at radius 1 is 1.45 bits per heavy atom. The Bertz CT molecular complexity index is 596. The van der Waals surface area contributed by atoms with E-state index in [0.717, 1.165) is 19.3 Å². The maximum absolute atomic E-state index is 12.7. The highest BCUT2D eigenvalue weighted by Crippen LogP contribution is 2.32. The van der Waals surface area contributed by atoms with Gasteiger partial charge in [-0.05, 0) is 37.5 Å². The van der Waals surface area contributed by atoms with Crippen molar-refractivity contribution in [3.05, 3.63) is 35.4 Å². The molecular weight excluding hydrogens is 280 g/mol. The monoisotopic (exact) mass is 300 g/mol. The summed E-state index contributed by atoms with van der Waals surface area (Å²) in [6.45, 7) is 1.33. The third-order valence-electron chi connectivity index (χ3n) is 4.49. The van der Waals surface area contributed by atoms with E-state index in [9.17, 15) is 4.79 Å². The topological polar surface area (TPSA) is 62.6 Å². The lowest BCUT2D eigenvalue weighted by molar-refractivity contribution is -0.0902. The molecule has 0 N–H and O–H groups in total. The number of nitrogens with zero attached hydrogens (tertiary/aromatic N) is 2. The number of ether oxygens (including phenoxy) is 2. The second kappa shape index (κ2) is 6.47. The zero-order valence-electron chi connectivity index (χ0n) is 12.7. The summed E-state index contributed by atoms with van der Waals surface area (Å²) in [7, 11) is 1.68. The minimum Gasteiger partial charge on any atom is -0.382 e. The van der Waals surface area contributed by atoms with Crippen LogP contribution >= 0.6 is 0 Å². The Morgan fingerprint density at radius 2 is 2.32 bits per heavy atom. The highest BCUT2D eigenvalue weighted by Gasteiger charge is 2.42. The van der Waals surface area contributed by atoms with Crippen LogP contribution in [0.25, 0.3) is 0 Å². The van der Waals surface area contributed by atoms with Crippen LogP contribution in [0.1, 0.15) is 35.2 Å². The van der Waals surface area contributed by atoms with Gasteiger partial charge in [-0.2, -0.15) is 5.26 Å². The molecule has 1 aromatic carbocycles. The van der Waals surface area contributed by atoms with Gasteiger partial charge in [0.15, 0.2) is 0 Å². The molecule has 2 aliphatic heterocycles. The van der Waals surface area contributed by atoms with Crippen molar-refractivity contribution in [2.24, 2.45) is 0 Å². The molecule has 1 amide bonds. The zero-order chi connectivity index (χ0) is 15.5. The van der Waals surface area contributed by atoms with E-state index in [-0.39, 0.29) is 24.2 Å². The summed E-state index contributed by atoms with van der Waals surface area (Å²) in [6.07, 6.45) is 2.98. The molecule has 0 spiro atoms. The summed E-state index contributed by atoms with van der Waals surface area (Å²) < 4.78 is 11.2. The minimum atomic E-state index is -0.00149. The van der Waals surface area contributed by atoms with Crippen LogP contribution < -0.4 is 0 Å². The van der Waals surface area contributed by atoms with Gasteiger partial charge in [-0.1, -0.05) is 6.07 Å². The molecule has 5 heteroatoms. The number of benzene rings is 1. The van der Waals surface area contributed by atoms with E-state index in [2.05, 4.69) is 6.07 Å². The number of methoxy groups -OCH3 is 1. The van der Waals surface area contributed by atoms with Gasteiger partial charge in [0.1, 0.15) is 0 Å². The second-order valence-corrected chi connectivity index (χ2v) is 5.88. The highest BCUT2D eigenvalue weighted by molar-refractivity contribution is 5.95. The fourth-order valence-electron chi connectivity index (χ4n) is 3.45. The minimum absolute atomic E-state index is 0.00149.